The number of hydrogen-bond donors (Lipinski definition) is 1. The van der Waals surface area contributed by atoms with Crippen LogP contribution in [0, 0.1) is 13.8 Å². The summed E-state index contributed by atoms with van der Waals surface area (Å²) in [6.07, 6.45) is 1.81. The number of thiazole rings is 1. The highest BCUT2D eigenvalue weighted by Crippen LogP contribution is 2.12. The van der Waals surface area contributed by atoms with Crippen LogP contribution in [0.2, 0.25) is 0 Å². The third-order valence-electron chi connectivity index (χ3n) is 3.10. The summed E-state index contributed by atoms with van der Waals surface area (Å²) in [5, 5.41) is 2.91. The molecular formula is C16H20N2O2S. The van der Waals surface area contributed by atoms with Gasteiger partial charge in [-0.05, 0) is 38.8 Å². The number of benzene rings is 1. The molecule has 0 unspecified atom stereocenters. The van der Waals surface area contributed by atoms with Gasteiger partial charge in [-0.2, -0.15) is 0 Å². The van der Waals surface area contributed by atoms with Crippen molar-refractivity contribution >= 4 is 17.2 Å². The van der Waals surface area contributed by atoms with Crippen molar-refractivity contribution < 1.29 is 9.53 Å². The van der Waals surface area contributed by atoms with Gasteiger partial charge in [-0.15, -0.1) is 11.3 Å². The molecule has 0 fully saturated rings. The normalized spacial score (nSPS) is 10.4. The van der Waals surface area contributed by atoms with E-state index >= 15 is 0 Å². The Morgan fingerprint density at radius 1 is 1.24 bits per heavy atom. The molecule has 2 aromatic rings. The average molecular weight is 304 g/mol. The topological polar surface area (TPSA) is 51.2 Å². The minimum atomic E-state index is -0.0329. The molecule has 0 aliphatic carbocycles. The Hall–Kier alpha value is -1.88. The van der Waals surface area contributed by atoms with Crippen molar-refractivity contribution in [1.82, 2.24) is 10.3 Å². The molecule has 1 aromatic carbocycles. The number of ether oxygens (including phenoxy) is 1. The molecule has 1 heterocycles. The highest BCUT2D eigenvalue weighted by molar-refractivity contribution is 7.11. The molecular weight excluding hydrogens is 284 g/mol. The van der Waals surface area contributed by atoms with E-state index in [1.807, 2.05) is 31.2 Å². The maximum absolute atomic E-state index is 11.8. The van der Waals surface area contributed by atoms with E-state index in [0.29, 0.717) is 18.0 Å². The van der Waals surface area contributed by atoms with E-state index < -0.39 is 0 Å². The lowest BCUT2D eigenvalue weighted by molar-refractivity contribution is 0.0955. The number of nitrogens with zero attached hydrogens (tertiary/aromatic N) is 1. The maximum atomic E-state index is 11.8. The number of rotatable bonds is 7. The lowest BCUT2D eigenvalue weighted by Gasteiger charge is -2.07. The maximum Gasteiger partial charge on any atom is 0.263 e. The SMILES string of the molecule is Cc1ccc(OCCCCNC(=O)c2scnc2C)cc1. The summed E-state index contributed by atoms with van der Waals surface area (Å²) in [5.74, 6) is 0.861. The minimum Gasteiger partial charge on any atom is -0.494 e. The molecule has 0 aliphatic rings. The van der Waals surface area contributed by atoms with Gasteiger partial charge in [0, 0.05) is 6.54 Å². The van der Waals surface area contributed by atoms with Crippen molar-refractivity contribution in [3.05, 3.63) is 45.9 Å². The zero-order chi connectivity index (χ0) is 15.1. The zero-order valence-electron chi connectivity index (χ0n) is 12.4. The Morgan fingerprint density at radius 3 is 2.67 bits per heavy atom. The molecule has 1 amide bonds. The Kier molecular flexibility index (Phi) is 5.75. The fourth-order valence-corrected chi connectivity index (χ4v) is 2.57. The van der Waals surface area contributed by atoms with Gasteiger partial charge in [-0.3, -0.25) is 4.79 Å². The zero-order valence-corrected chi connectivity index (χ0v) is 13.2. The van der Waals surface area contributed by atoms with Crippen LogP contribution in [0.25, 0.3) is 0 Å². The molecule has 21 heavy (non-hydrogen) atoms. The van der Waals surface area contributed by atoms with Crippen LogP contribution in [0.15, 0.2) is 29.8 Å². The van der Waals surface area contributed by atoms with Crippen molar-refractivity contribution in [2.45, 2.75) is 26.7 Å². The largest absolute Gasteiger partial charge is 0.494 e. The van der Waals surface area contributed by atoms with Gasteiger partial charge in [0.1, 0.15) is 10.6 Å². The third-order valence-corrected chi connectivity index (χ3v) is 4.03. The first kappa shape index (κ1) is 15.5. The monoisotopic (exact) mass is 304 g/mol. The fraction of sp³-hybridized carbons (Fsp3) is 0.375. The smallest absolute Gasteiger partial charge is 0.263 e. The number of carbonyl (C=O) groups is 1. The van der Waals surface area contributed by atoms with Gasteiger partial charge in [0.2, 0.25) is 0 Å². The van der Waals surface area contributed by atoms with E-state index in [2.05, 4.69) is 17.2 Å². The molecule has 0 atom stereocenters. The van der Waals surface area contributed by atoms with Gasteiger partial charge < -0.3 is 10.1 Å². The van der Waals surface area contributed by atoms with E-state index in [0.717, 1.165) is 24.3 Å². The van der Waals surface area contributed by atoms with E-state index in [1.54, 1.807) is 5.51 Å². The fourth-order valence-electron chi connectivity index (χ4n) is 1.85. The van der Waals surface area contributed by atoms with Gasteiger partial charge in [0.15, 0.2) is 0 Å². The molecule has 0 saturated carbocycles. The predicted molar refractivity (Wildman–Crippen MR) is 85.1 cm³/mol. The van der Waals surface area contributed by atoms with E-state index in [1.165, 1.54) is 16.9 Å². The summed E-state index contributed by atoms with van der Waals surface area (Å²) in [5.41, 5.74) is 3.71. The number of amides is 1. The molecule has 0 bridgehead atoms. The molecule has 0 radical (unpaired) electrons. The van der Waals surface area contributed by atoms with Crippen LogP contribution in [0.3, 0.4) is 0 Å². The second kappa shape index (κ2) is 7.78. The number of nitrogens with one attached hydrogen (secondary N) is 1. The van der Waals surface area contributed by atoms with E-state index in [-0.39, 0.29) is 5.91 Å². The summed E-state index contributed by atoms with van der Waals surface area (Å²) < 4.78 is 5.64. The van der Waals surface area contributed by atoms with Gasteiger partial charge in [-0.25, -0.2) is 4.98 Å². The van der Waals surface area contributed by atoms with Gasteiger partial charge in [0.25, 0.3) is 5.91 Å². The lowest BCUT2D eigenvalue weighted by atomic mass is 10.2. The van der Waals surface area contributed by atoms with Crippen molar-refractivity contribution in [1.29, 1.82) is 0 Å². The average Bonchev–Trinajstić information content (AvgIpc) is 2.90. The van der Waals surface area contributed by atoms with Crippen LogP contribution in [-0.2, 0) is 0 Å². The van der Waals surface area contributed by atoms with Crippen LogP contribution >= 0.6 is 11.3 Å². The molecule has 0 spiro atoms. The molecule has 112 valence electrons. The van der Waals surface area contributed by atoms with Crippen molar-refractivity contribution in [3.63, 3.8) is 0 Å². The molecule has 1 N–H and O–H groups in total. The summed E-state index contributed by atoms with van der Waals surface area (Å²) in [4.78, 5) is 16.6. The number of hydrogen-bond acceptors (Lipinski definition) is 4. The Bertz CT molecular complexity index is 578. The Labute approximate surface area is 129 Å². The molecule has 5 heteroatoms. The molecule has 4 nitrogen and oxygen atoms in total. The quantitative estimate of drug-likeness (QED) is 0.798. The first-order chi connectivity index (χ1) is 10.2. The third kappa shape index (κ3) is 4.86. The molecule has 2 rings (SSSR count). The Morgan fingerprint density at radius 2 is 2.00 bits per heavy atom. The molecule has 1 aromatic heterocycles. The number of aryl methyl sites for hydroxylation is 2. The predicted octanol–water partition coefficient (Wildman–Crippen LogP) is 3.35. The number of aromatic nitrogens is 1. The first-order valence-corrected chi connectivity index (χ1v) is 7.92. The van der Waals surface area contributed by atoms with E-state index in [9.17, 15) is 4.79 Å². The lowest BCUT2D eigenvalue weighted by Crippen LogP contribution is -2.24. The highest BCUT2D eigenvalue weighted by Gasteiger charge is 2.10. The minimum absolute atomic E-state index is 0.0329. The van der Waals surface area contributed by atoms with Crippen LogP contribution in [0.4, 0.5) is 0 Å². The standard InChI is InChI=1S/C16H20N2O2S/c1-12-5-7-14(8-6-12)20-10-4-3-9-17-16(19)15-13(2)18-11-21-15/h5-8,11H,3-4,9-10H2,1-2H3,(H,17,19). The second-order valence-electron chi connectivity index (χ2n) is 4.89. The van der Waals surface area contributed by atoms with Gasteiger partial charge in [0.05, 0.1) is 17.8 Å². The summed E-state index contributed by atoms with van der Waals surface area (Å²) in [6.45, 7) is 5.23. The van der Waals surface area contributed by atoms with Crippen LogP contribution in [0.1, 0.15) is 33.8 Å². The van der Waals surface area contributed by atoms with Crippen molar-refractivity contribution in [2.24, 2.45) is 0 Å². The summed E-state index contributed by atoms with van der Waals surface area (Å²) in [7, 11) is 0. The summed E-state index contributed by atoms with van der Waals surface area (Å²) in [6, 6.07) is 8.02. The van der Waals surface area contributed by atoms with Crippen LogP contribution in [0.5, 0.6) is 5.75 Å². The molecule has 0 aliphatic heterocycles. The van der Waals surface area contributed by atoms with Crippen LogP contribution in [-0.4, -0.2) is 24.0 Å². The number of carbonyl (C=O) groups excluding carboxylic acids is 1. The first-order valence-electron chi connectivity index (χ1n) is 7.04. The highest BCUT2D eigenvalue weighted by atomic mass is 32.1. The molecule has 0 saturated heterocycles. The van der Waals surface area contributed by atoms with Crippen LogP contribution < -0.4 is 10.1 Å². The van der Waals surface area contributed by atoms with E-state index in [4.69, 9.17) is 4.74 Å². The second-order valence-corrected chi connectivity index (χ2v) is 5.75. The van der Waals surface area contributed by atoms with Gasteiger partial charge in [-0.1, -0.05) is 17.7 Å². The number of unbranched alkanes of at least 4 members (excludes halogenated alkanes) is 1. The van der Waals surface area contributed by atoms with Gasteiger partial charge >= 0.3 is 0 Å². The Balaban J connectivity index is 1.59. The van der Waals surface area contributed by atoms with Crippen molar-refractivity contribution in [2.75, 3.05) is 13.2 Å². The summed E-state index contributed by atoms with van der Waals surface area (Å²) >= 11 is 1.38. The van der Waals surface area contributed by atoms with Crippen molar-refractivity contribution in [3.8, 4) is 5.75 Å².